The minimum atomic E-state index is -0.373. The van der Waals surface area contributed by atoms with Crippen molar-refractivity contribution < 1.29 is 14.3 Å². The highest BCUT2D eigenvalue weighted by Gasteiger charge is 2.33. The normalized spacial score (nSPS) is 17.6. The van der Waals surface area contributed by atoms with Crippen molar-refractivity contribution in [2.45, 2.75) is 45.1 Å². The van der Waals surface area contributed by atoms with E-state index in [0.717, 1.165) is 49.4 Å². The van der Waals surface area contributed by atoms with Gasteiger partial charge in [0.05, 0.1) is 16.9 Å². The van der Waals surface area contributed by atoms with Crippen molar-refractivity contribution in [3.8, 4) is 5.75 Å². The van der Waals surface area contributed by atoms with E-state index in [4.69, 9.17) is 10.5 Å². The van der Waals surface area contributed by atoms with Gasteiger partial charge in [-0.2, -0.15) is 0 Å². The maximum Gasteiger partial charge on any atom is 0.261 e. The summed E-state index contributed by atoms with van der Waals surface area (Å²) in [5.74, 6) is 1.16. The predicted molar refractivity (Wildman–Crippen MR) is 131 cm³/mol. The fourth-order valence-electron chi connectivity index (χ4n) is 4.62. The number of piperidine rings is 1. The Morgan fingerprint density at radius 3 is 2.59 bits per heavy atom. The van der Waals surface area contributed by atoms with Crippen LogP contribution in [0, 0.1) is 5.92 Å². The summed E-state index contributed by atoms with van der Waals surface area (Å²) in [6.45, 7) is 5.68. The molecule has 0 saturated carbocycles. The van der Waals surface area contributed by atoms with E-state index in [1.165, 1.54) is 6.20 Å². The molecule has 9 nitrogen and oxygen atoms in total. The van der Waals surface area contributed by atoms with Gasteiger partial charge in [-0.3, -0.25) is 9.59 Å². The Labute approximate surface area is 199 Å². The molecule has 4 rings (SSSR count). The molecule has 2 amide bonds. The van der Waals surface area contributed by atoms with Crippen LogP contribution in [-0.4, -0.2) is 47.5 Å². The summed E-state index contributed by atoms with van der Waals surface area (Å²) in [7, 11) is 1.67. The Kier molecular flexibility index (Phi) is 6.72. The SMILES string of the molecule is CNC(=O)CC1CCN(c2cc3c(cc2NC(=O)C(=CN)c2ncccn2)CC(C)(C)O3)CC1. The lowest BCUT2D eigenvalue weighted by Crippen LogP contribution is -2.36. The van der Waals surface area contributed by atoms with E-state index in [2.05, 4.69) is 39.3 Å². The van der Waals surface area contributed by atoms with Gasteiger partial charge in [0.1, 0.15) is 11.4 Å². The second-order valence-corrected chi connectivity index (χ2v) is 9.43. The third-order valence-corrected chi connectivity index (χ3v) is 6.36. The molecule has 34 heavy (non-hydrogen) atoms. The second kappa shape index (κ2) is 9.70. The smallest absolute Gasteiger partial charge is 0.261 e. The van der Waals surface area contributed by atoms with Gasteiger partial charge < -0.3 is 26.0 Å². The highest BCUT2D eigenvalue weighted by molar-refractivity contribution is 6.24. The number of aromatic nitrogens is 2. The van der Waals surface area contributed by atoms with Crippen LogP contribution in [0.4, 0.5) is 11.4 Å². The number of carbonyl (C=O) groups excluding carboxylic acids is 2. The molecule has 2 aromatic rings. The number of hydrogen-bond acceptors (Lipinski definition) is 7. The van der Waals surface area contributed by atoms with Crippen molar-refractivity contribution in [3.63, 3.8) is 0 Å². The first kappa shape index (κ1) is 23.5. The summed E-state index contributed by atoms with van der Waals surface area (Å²) in [5, 5.41) is 5.75. The molecule has 0 aliphatic carbocycles. The lowest BCUT2D eigenvalue weighted by molar-refractivity contribution is -0.121. The summed E-state index contributed by atoms with van der Waals surface area (Å²) >= 11 is 0. The van der Waals surface area contributed by atoms with Crippen LogP contribution in [0.5, 0.6) is 5.75 Å². The standard InChI is InChI=1S/C25H32N6O3/c1-25(2)14-17-12-19(30-24(33)18(15-26)23-28-7-4-8-29-23)20(13-21(17)34-25)31-9-5-16(6-10-31)11-22(32)27-3/h4,7-8,12-13,15-16H,5-6,9-11,14,26H2,1-3H3,(H,27,32)(H,30,33). The molecule has 0 unspecified atom stereocenters. The Morgan fingerprint density at radius 2 is 1.94 bits per heavy atom. The van der Waals surface area contributed by atoms with Crippen LogP contribution in [0.1, 0.15) is 44.5 Å². The van der Waals surface area contributed by atoms with Gasteiger partial charge in [0.2, 0.25) is 5.91 Å². The summed E-state index contributed by atoms with van der Waals surface area (Å²) in [6.07, 6.45) is 7.46. The predicted octanol–water partition coefficient (Wildman–Crippen LogP) is 2.48. The first-order valence-electron chi connectivity index (χ1n) is 11.6. The number of ether oxygens (including phenoxy) is 1. The van der Waals surface area contributed by atoms with Gasteiger partial charge in [-0.15, -0.1) is 0 Å². The molecular formula is C25H32N6O3. The number of nitrogens with one attached hydrogen (secondary N) is 2. The van der Waals surface area contributed by atoms with E-state index in [0.29, 0.717) is 18.0 Å². The highest BCUT2D eigenvalue weighted by atomic mass is 16.5. The second-order valence-electron chi connectivity index (χ2n) is 9.43. The topological polar surface area (TPSA) is 122 Å². The molecule has 4 N–H and O–H groups in total. The molecule has 2 aliphatic heterocycles. The summed E-state index contributed by atoms with van der Waals surface area (Å²) in [4.78, 5) is 35.5. The number of hydrogen-bond donors (Lipinski definition) is 3. The van der Waals surface area contributed by atoms with Gasteiger partial charge >= 0.3 is 0 Å². The molecule has 3 heterocycles. The number of nitrogens with two attached hydrogens (primary N) is 1. The van der Waals surface area contributed by atoms with Gasteiger partial charge in [-0.05, 0) is 44.7 Å². The minimum absolute atomic E-state index is 0.0730. The molecular weight excluding hydrogens is 432 g/mol. The highest BCUT2D eigenvalue weighted by Crippen LogP contribution is 2.42. The molecule has 0 atom stereocenters. The van der Waals surface area contributed by atoms with Crippen molar-refractivity contribution in [1.29, 1.82) is 0 Å². The largest absolute Gasteiger partial charge is 0.487 e. The van der Waals surface area contributed by atoms with Crippen molar-refractivity contribution in [1.82, 2.24) is 15.3 Å². The first-order valence-corrected chi connectivity index (χ1v) is 11.6. The zero-order valence-corrected chi connectivity index (χ0v) is 19.9. The van der Waals surface area contributed by atoms with Crippen LogP contribution >= 0.6 is 0 Å². The van der Waals surface area contributed by atoms with E-state index < -0.39 is 0 Å². The molecule has 2 aliphatic rings. The van der Waals surface area contributed by atoms with Gasteiger partial charge in [0.15, 0.2) is 5.82 Å². The Morgan fingerprint density at radius 1 is 1.24 bits per heavy atom. The average Bonchev–Trinajstić information content (AvgIpc) is 3.13. The van der Waals surface area contributed by atoms with Crippen LogP contribution in [0.15, 0.2) is 36.8 Å². The molecule has 1 aromatic heterocycles. The van der Waals surface area contributed by atoms with Crippen molar-refractivity contribution in [2.75, 3.05) is 30.4 Å². The molecule has 9 heteroatoms. The third kappa shape index (κ3) is 5.13. The maximum atomic E-state index is 13.2. The molecule has 180 valence electrons. The number of amides is 2. The van der Waals surface area contributed by atoms with Crippen molar-refractivity contribution >= 4 is 28.8 Å². The summed E-state index contributed by atoms with van der Waals surface area (Å²) in [6, 6.07) is 5.70. The number of anilines is 2. The van der Waals surface area contributed by atoms with Crippen LogP contribution in [0.25, 0.3) is 5.57 Å². The van der Waals surface area contributed by atoms with Crippen molar-refractivity contribution in [2.24, 2.45) is 11.7 Å². The van der Waals surface area contributed by atoms with Crippen molar-refractivity contribution in [3.05, 3.63) is 48.2 Å². The van der Waals surface area contributed by atoms with Gasteiger partial charge in [-0.1, -0.05) is 0 Å². The fourth-order valence-corrected chi connectivity index (χ4v) is 4.62. The zero-order valence-electron chi connectivity index (χ0n) is 19.9. The number of rotatable bonds is 6. The Hall–Kier alpha value is -3.62. The summed E-state index contributed by atoms with van der Waals surface area (Å²) < 4.78 is 6.17. The molecule has 1 saturated heterocycles. The minimum Gasteiger partial charge on any atom is -0.487 e. The van der Waals surface area contributed by atoms with Crippen LogP contribution < -0.4 is 26.0 Å². The van der Waals surface area contributed by atoms with E-state index in [-0.39, 0.29) is 28.8 Å². The monoisotopic (exact) mass is 464 g/mol. The number of benzene rings is 1. The van der Waals surface area contributed by atoms with Gasteiger partial charge in [-0.25, -0.2) is 9.97 Å². The van der Waals surface area contributed by atoms with Crippen LogP contribution in [0.2, 0.25) is 0 Å². The summed E-state index contributed by atoms with van der Waals surface area (Å²) in [5.41, 5.74) is 8.31. The average molecular weight is 465 g/mol. The van der Waals surface area contributed by atoms with E-state index in [9.17, 15) is 9.59 Å². The van der Waals surface area contributed by atoms with Gasteiger partial charge in [0, 0.05) is 63.2 Å². The third-order valence-electron chi connectivity index (χ3n) is 6.36. The van der Waals surface area contributed by atoms with Crippen LogP contribution in [-0.2, 0) is 16.0 Å². The lowest BCUT2D eigenvalue weighted by atomic mass is 9.92. The molecule has 0 spiro atoms. The molecule has 0 radical (unpaired) electrons. The van der Waals surface area contributed by atoms with Crippen LogP contribution in [0.3, 0.4) is 0 Å². The number of nitrogens with zero attached hydrogens (tertiary/aromatic N) is 3. The van der Waals surface area contributed by atoms with E-state index in [1.54, 1.807) is 25.5 Å². The van der Waals surface area contributed by atoms with E-state index >= 15 is 0 Å². The molecule has 0 bridgehead atoms. The molecule has 1 aromatic carbocycles. The maximum absolute atomic E-state index is 13.2. The number of carbonyl (C=O) groups is 2. The zero-order chi connectivity index (χ0) is 24.3. The van der Waals surface area contributed by atoms with Gasteiger partial charge in [0.25, 0.3) is 5.91 Å². The number of fused-ring (bicyclic) bond motifs is 1. The molecule has 1 fully saturated rings. The quantitative estimate of drug-likeness (QED) is 0.561. The Balaban J connectivity index is 1.59. The fraction of sp³-hybridized carbons (Fsp3) is 0.440. The first-order chi connectivity index (χ1) is 16.3. The lowest BCUT2D eigenvalue weighted by Gasteiger charge is -2.34. The Bertz CT molecular complexity index is 1090. The van der Waals surface area contributed by atoms with E-state index in [1.807, 2.05) is 12.1 Å².